The van der Waals surface area contributed by atoms with Crippen LogP contribution in [0.3, 0.4) is 0 Å². The second-order valence-corrected chi connectivity index (χ2v) is 9.45. The molecule has 3 rings (SSSR count). The Bertz CT molecular complexity index is 1210. The number of alkyl halides is 3. The molecule has 9 heteroatoms. The van der Waals surface area contributed by atoms with Gasteiger partial charge in [0, 0.05) is 25.7 Å². The summed E-state index contributed by atoms with van der Waals surface area (Å²) < 4.78 is 51.6. The normalized spacial score (nSPS) is 15.4. The minimum Gasteiger partial charge on any atom is -0.496 e. The van der Waals surface area contributed by atoms with Gasteiger partial charge in [-0.3, -0.25) is 4.90 Å². The molecule has 0 spiro atoms. The Hall–Kier alpha value is -3.23. The maximum atomic E-state index is 13.4. The maximum Gasteiger partial charge on any atom is 0.417 e. The third-order valence-corrected chi connectivity index (χ3v) is 6.59. The molecule has 2 aromatic rings. The lowest BCUT2D eigenvalue weighted by Crippen LogP contribution is -2.29. The number of carboxylic acid groups (broad SMARTS) is 1. The number of allylic oxidation sites excluding steroid dienone is 4. The van der Waals surface area contributed by atoms with Gasteiger partial charge in [0.05, 0.1) is 24.3 Å². The van der Waals surface area contributed by atoms with Gasteiger partial charge in [0.15, 0.2) is 0 Å². The van der Waals surface area contributed by atoms with Crippen molar-refractivity contribution in [3.05, 3.63) is 99.8 Å². The van der Waals surface area contributed by atoms with Crippen molar-refractivity contribution in [1.82, 2.24) is 4.90 Å². The second-order valence-electron chi connectivity index (χ2n) is 9.07. The molecule has 0 amide bonds. The molecule has 1 aliphatic carbocycles. The average Bonchev–Trinajstić information content (AvgIpc) is 2.86. The van der Waals surface area contributed by atoms with Gasteiger partial charge >= 0.3 is 12.1 Å². The molecule has 1 atom stereocenters. The fraction of sp³-hybridized carbons (Fsp3) is 0.345. The van der Waals surface area contributed by atoms with E-state index in [0.29, 0.717) is 49.4 Å². The highest BCUT2D eigenvalue weighted by atomic mass is 35.5. The molecule has 0 radical (unpaired) electrons. The van der Waals surface area contributed by atoms with Gasteiger partial charge in [0.1, 0.15) is 11.5 Å². The lowest BCUT2D eigenvalue weighted by atomic mass is 9.99. The fourth-order valence-electron chi connectivity index (χ4n) is 4.38. The van der Waals surface area contributed by atoms with Crippen LogP contribution < -0.4 is 4.74 Å². The van der Waals surface area contributed by atoms with E-state index in [4.69, 9.17) is 26.2 Å². The van der Waals surface area contributed by atoms with E-state index in [-0.39, 0.29) is 17.5 Å². The Morgan fingerprint density at radius 2 is 1.97 bits per heavy atom. The average molecular weight is 550 g/mol. The minimum atomic E-state index is -4.54. The number of benzene rings is 2. The summed E-state index contributed by atoms with van der Waals surface area (Å²) in [6.07, 6.45) is 3.05. The SMILES string of the molecule is COc1ccccc1C(C)CN(CCCOC1=CC(=CC(=O)O)CC=C1)Cc1cccc(C(F)(F)F)c1Cl. The number of para-hydroxylation sites is 1. The molecule has 0 bridgehead atoms. The molecule has 5 nitrogen and oxygen atoms in total. The Morgan fingerprint density at radius 3 is 2.68 bits per heavy atom. The second kappa shape index (κ2) is 13.5. The zero-order valence-electron chi connectivity index (χ0n) is 21.3. The summed E-state index contributed by atoms with van der Waals surface area (Å²) in [6, 6.07) is 11.6. The predicted molar refractivity (Wildman–Crippen MR) is 141 cm³/mol. The van der Waals surface area contributed by atoms with Crippen molar-refractivity contribution in [1.29, 1.82) is 0 Å². The van der Waals surface area contributed by atoms with Crippen LogP contribution >= 0.6 is 11.6 Å². The number of carboxylic acids is 1. The number of halogens is 4. The highest BCUT2D eigenvalue weighted by Crippen LogP contribution is 2.37. The van der Waals surface area contributed by atoms with Crippen LogP contribution in [0.5, 0.6) is 5.75 Å². The zero-order chi connectivity index (χ0) is 27.7. The van der Waals surface area contributed by atoms with E-state index in [2.05, 4.69) is 4.90 Å². The zero-order valence-corrected chi connectivity index (χ0v) is 22.1. The quantitative estimate of drug-likeness (QED) is 0.223. The first kappa shape index (κ1) is 29.3. The Labute approximate surface area is 225 Å². The molecular formula is C29H31ClF3NO4. The van der Waals surface area contributed by atoms with Crippen LogP contribution in [-0.2, 0) is 22.3 Å². The number of nitrogens with zero attached hydrogens (tertiary/aromatic N) is 1. The molecule has 1 unspecified atom stereocenters. The van der Waals surface area contributed by atoms with Crippen LogP contribution in [0.4, 0.5) is 13.2 Å². The fourth-order valence-corrected chi connectivity index (χ4v) is 4.68. The highest BCUT2D eigenvalue weighted by Gasteiger charge is 2.34. The summed E-state index contributed by atoms with van der Waals surface area (Å²) in [5, 5.41) is 8.67. The molecule has 38 heavy (non-hydrogen) atoms. The van der Waals surface area contributed by atoms with E-state index in [9.17, 15) is 18.0 Å². The van der Waals surface area contributed by atoms with Crippen molar-refractivity contribution in [3.8, 4) is 5.75 Å². The van der Waals surface area contributed by atoms with Crippen molar-refractivity contribution in [2.24, 2.45) is 0 Å². The molecular weight excluding hydrogens is 519 g/mol. The monoisotopic (exact) mass is 549 g/mol. The van der Waals surface area contributed by atoms with Gasteiger partial charge < -0.3 is 14.6 Å². The van der Waals surface area contributed by atoms with Crippen LogP contribution in [0.25, 0.3) is 0 Å². The van der Waals surface area contributed by atoms with E-state index in [1.807, 2.05) is 37.3 Å². The van der Waals surface area contributed by atoms with E-state index in [1.54, 1.807) is 25.3 Å². The number of hydrogen-bond acceptors (Lipinski definition) is 4. The standard InChI is InChI=1S/C29H31ClF3NO4/c1-20(24-11-3-4-13-26(24)37-2)18-34(19-22-9-6-12-25(28(22)30)29(31,32)33)14-7-15-38-23-10-5-8-21(16-23)17-27(35)36/h3-6,9-13,16-17,20H,7-8,14-15,18-19H2,1-2H3,(H,35,36). The van der Waals surface area contributed by atoms with E-state index in [0.717, 1.165) is 23.5 Å². The summed E-state index contributed by atoms with van der Waals surface area (Å²) in [6.45, 7) is 3.73. The maximum absolute atomic E-state index is 13.4. The number of carbonyl (C=O) groups is 1. The summed E-state index contributed by atoms with van der Waals surface area (Å²) in [5.41, 5.74) is 1.19. The number of hydrogen-bond donors (Lipinski definition) is 1. The molecule has 204 valence electrons. The van der Waals surface area contributed by atoms with Gasteiger partial charge in [-0.15, -0.1) is 0 Å². The Morgan fingerprint density at radius 1 is 1.21 bits per heavy atom. The van der Waals surface area contributed by atoms with Crippen molar-refractivity contribution in [3.63, 3.8) is 0 Å². The number of ether oxygens (including phenoxy) is 2. The summed E-state index contributed by atoms with van der Waals surface area (Å²) in [4.78, 5) is 13.0. The molecule has 2 aromatic carbocycles. The van der Waals surface area contributed by atoms with Gasteiger partial charge in [-0.2, -0.15) is 13.2 Å². The minimum absolute atomic E-state index is 0.0318. The summed E-state index contributed by atoms with van der Waals surface area (Å²) >= 11 is 6.20. The molecule has 0 saturated carbocycles. The first-order chi connectivity index (χ1) is 18.1. The summed E-state index contributed by atoms with van der Waals surface area (Å²) in [7, 11) is 1.61. The molecule has 0 aliphatic heterocycles. The summed E-state index contributed by atoms with van der Waals surface area (Å²) in [5.74, 6) is 0.337. The van der Waals surface area contributed by atoms with Crippen LogP contribution in [0, 0.1) is 0 Å². The third-order valence-electron chi connectivity index (χ3n) is 6.14. The third kappa shape index (κ3) is 8.39. The number of rotatable bonds is 12. The highest BCUT2D eigenvalue weighted by molar-refractivity contribution is 6.32. The van der Waals surface area contributed by atoms with Crippen molar-refractivity contribution >= 4 is 17.6 Å². The molecule has 0 aromatic heterocycles. The van der Waals surface area contributed by atoms with Gasteiger partial charge in [0.25, 0.3) is 0 Å². The smallest absolute Gasteiger partial charge is 0.417 e. The Balaban J connectivity index is 1.73. The topological polar surface area (TPSA) is 59.0 Å². The van der Waals surface area contributed by atoms with Crippen molar-refractivity contribution in [2.75, 3.05) is 26.8 Å². The number of methoxy groups -OCH3 is 1. The van der Waals surface area contributed by atoms with Crippen LogP contribution in [-0.4, -0.2) is 42.8 Å². The largest absolute Gasteiger partial charge is 0.496 e. The van der Waals surface area contributed by atoms with Gasteiger partial charge in [-0.25, -0.2) is 4.79 Å². The van der Waals surface area contributed by atoms with E-state index >= 15 is 0 Å². The van der Waals surface area contributed by atoms with Crippen LogP contribution in [0.15, 0.2) is 78.1 Å². The van der Waals surface area contributed by atoms with Gasteiger partial charge in [0.2, 0.25) is 0 Å². The van der Waals surface area contributed by atoms with Gasteiger partial charge in [-0.1, -0.05) is 54.9 Å². The molecule has 0 saturated heterocycles. The van der Waals surface area contributed by atoms with Crippen molar-refractivity contribution < 1.29 is 32.5 Å². The molecule has 1 N–H and O–H groups in total. The Kier molecular flexibility index (Phi) is 10.4. The lowest BCUT2D eigenvalue weighted by molar-refractivity contribution is -0.137. The van der Waals surface area contributed by atoms with Crippen molar-refractivity contribution in [2.45, 2.75) is 38.4 Å². The first-order valence-electron chi connectivity index (χ1n) is 12.2. The van der Waals surface area contributed by atoms with Gasteiger partial charge in [-0.05, 0) is 59.7 Å². The first-order valence-corrected chi connectivity index (χ1v) is 12.6. The van der Waals surface area contributed by atoms with Crippen LogP contribution in [0.2, 0.25) is 5.02 Å². The van der Waals surface area contributed by atoms with E-state index < -0.39 is 17.7 Å². The lowest BCUT2D eigenvalue weighted by Gasteiger charge is -2.27. The number of aliphatic carboxylic acids is 1. The predicted octanol–water partition coefficient (Wildman–Crippen LogP) is 7.23. The van der Waals surface area contributed by atoms with E-state index in [1.165, 1.54) is 6.07 Å². The molecule has 1 aliphatic rings. The molecule has 0 heterocycles. The molecule has 0 fully saturated rings. The van der Waals surface area contributed by atoms with Crippen LogP contribution in [0.1, 0.15) is 42.4 Å².